The highest BCUT2D eigenvalue weighted by atomic mass is 35.5. The predicted molar refractivity (Wildman–Crippen MR) is 92.7 cm³/mol. The minimum atomic E-state index is 0.752. The molecule has 0 saturated carbocycles. The third-order valence-electron chi connectivity index (χ3n) is 3.90. The topological polar surface area (TPSA) is 20.2 Å². The smallest absolute Gasteiger partial charge is 0.0597 e. The highest BCUT2D eigenvalue weighted by Gasteiger charge is 2.09. The predicted octanol–water partition coefficient (Wildman–Crippen LogP) is 4.46. The molecule has 0 aliphatic heterocycles. The maximum atomic E-state index is 6.12. The fourth-order valence-corrected chi connectivity index (χ4v) is 2.94. The summed E-state index contributed by atoms with van der Waals surface area (Å²) in [5.41, 5.74) is 6.18. The number of benzene rings is 1. The van der Waals surface area contributed by atoms with E-state index in [1.165, 1.54) is 17.0 Å². The summed E-state index contributed by atoms with van der Waals surface area (Å²) in [6, 6.07) is 8.20. The van der Waals surface area contributed by atoms with Gasteiger partial charge in [0.15, 0.2) is 0 Å². The van der Waals surface area contributed by atoms with Crippen molar-refractivity contribution in [3.05, 3.63) is 46.2 Å². The molecule has 0 saturated heterocycles. The number of aryl methyl sites for hydroxylation is 1. The van der Waals surface area contributed by atoms with E-state index in [0.29, 0.717) is 0 Å². The molecule has 0 bridgehead atoms. The number of halogens is 1. The van der Waals surface area contributed by atoms with E-state index in [1.54, 1.807) is 0 Å². The van der Waals surface area contributed by atoms with E-state index in [9.17, 15) is 0 Å². The molecule has 4 heteroatoms. The Morgan fingerprint density at radius 1 is 1.19 bits per heavy atom. The molecular weight excluding hydrogens is 282 g/mol. The second-order valence-corrected chi connectivity index (χ2v) is 5.99. The van der Waals surface area contributed by atoms with Crippen molar-refractivity contribution >= 4 is 23.0 Å². The Labute approximate surface area is 132 Å². The van der Waals surface area contributed by atoms with Crippen molar-refractivity contribution in [2.45, 2.75) is 33.9 Å². The quantitative estimate of drug-likeness (QED) is 0.880. The fraction of sp³-hybridized carbons (Fsp3) is 0.412. The number of rotatable bonds is 5. The molecule has 0 amide bonds. The molecule has 0 aliphatic rings. The zero-order valence-electron chi connectivity index (χ0n) is 13.5. The maximum Gasteiger partial charge on any atom is 0.0597 e. The van der Waals surface area contributed by atoms with Crippen LogP contribution in [-0.2, 0) is 13.1 Å². The highest BCUT2D eigenvalue weighted by Crippen LogP contribution is 2.28. The second-order valence-electron chi connectivity index (χ2n) is 5.55. The third-order valence-corrected chi connectivity index (χ3v) is 4.14. The van der Waals surface area contributed by atoms with Crippen LogP contribution in [0.2, 0.25) is 5.02 Å². The van der Waals surface area contributed by atoms with Crippen molar-refractivity contribution < 1.29 is 0 Å². The average molecular weight is 306 g/mol. The first-order chi connectivity index (χ1) is 9.93. The molecule has 114 valence electrons. The summed E-state index contributed by atoms with van der Waals surface area (Å²) < 4.78 is 2.34. The maximum absolute atomic E-state index is 6.12. The van der Waals surface area contributed by atoms with Gasteiger partial charge in [-0.05, 0) is 50.6 Å². The molecule has 0 spiro atoms. The van der Waals surface area contributed by atoms with Gasteiger partial charge in [-0.2, -0.15) is 0 Å². The Kier molecular flexibility index (Phi) is 4.84. The van der Waals surface area contributed by atoms with Gasteiger partial charge < -0.3 is 14.8 Å². The molecule has 0 unspecified atom stereocenters. The molecule has 1 aromatic carbocycles. The lowest BCUT2D eigenvalue weighted by molar-refractivity contribution is 0.715. The van der Waals surface area contributed by atoms with Crippen LogP contribution in [0.15, 0.2) is 24.3 Å². The van der Waals surface area contributed by atoms with Crippen LogP contribution in [0, 0.1) is 13.8 Å². The summed E-state index contributed by atoms with van der Waals surface area (Å²) in [5, 5.41) is 4.27. The van der Waals surface area contributed by atoms with Gasteiger partial charge in [0.1, 0.15) is 0 Å². The molecule has 0 aliphatic carbocycles. The van der Waals surface area contributed by atoms with Crippen molar-refractivity contribution in [2.75, 3.05) is 24.3 Å². The summed E-state index contributed by atoms with van der Waals surface area (Å²) in [6.45, 7) is 8.33. The Morgan fingerprint density at radius 3 is 2.48 bits per heavy atom. The van der Waals surface area contributed by atoms with Gasteiger partial charge in [0.05, 0.1) is 11.4 Å². The molecule has 1 aromatic heterocycles. The van der Waals surface area contributed by atoms with Gasteiger partial charge in [-0.3, -0.25) is 0 Å². The number of aromatic nitrogens is 1. The molecule has 0 atom stereocenters. The summed E-state index contributed by atoms with van der Waals surface area (Å²) in [7, 11) is 4.08. The van der Waals surface area contributed by atoms with E-state index in [-0.39, 0.29) is 0 Å². The number of nitrogens with zero attached hydrogens (tertiary/aromatic N) is 2. The van der Waals surface area contributed by atoms with Crippen molar-refractivity contribution in [1.29, 1.82) is 0 Å². The molecule has 0 fully saturated rings. The van der Waals surface area contributed by atoms with E-state index in [0.717, 1.165) is 29.5 Å². The highest BCUT2D eigenvalue weighted by molar-refractivity contribution is 6.31. The van der Waals surface area contributed by atoms with Crippen molar-refractivity contribution in [1.82, 2.24) is 4.57 Å². The zero-order chi connectivity index (χ0) is 15.6. The first-order valence-corrected chi connectivity index (χ1v) is 7.68. The van der Waals surface area contributed by atoms with E-state index in [1.807, 2.05) is 32.3 Å². The van der Waals surface area contributed by atoms with E-state index < -0.39 is 0 Å². The van der Waals surface area contributed by atoms with Gasteiger partial charge in [-0.25, -0.2) is 0 Å². The standard InChI is InChI=1S/C17H24ClN3/c1-6-21-12(2)9-14(13(21)3)11-19-16-10-15(18)7-8-17(16)20(4)5/h7-10,19H,6,11H2,1-5H3. The Bertz CT molecular complexity index is 629. The first kappa shape index (κ1) is 15.8. The molecule has 21 heavy (non-hydrogen) atoms. The van der Waals surface area contributed by atoms with Crippen LogP contribution >= 0.6 is 11.6 Å². The number of hydrogen-bond acceptors (Lipinski definition) is 2. The van der Waals surface area contributed by atoms with Crippen LogP contribution in [0.1, 0.15) is 23.9 Å². The number of nitrogens with one attached hydrogen (secondary N) is 1. The van der Waals surface area contributed by atoms with Crippen LogP contribution in [0.25, 0.3) is 0 Å². The fourth-order valence-electron chi connectivity index (χ4n) is 2.77. The average Bonchev–Trinajstić information content (AvgIpc) is 2.70. The van der Waals surface area contributed by atoms with Gasteiger partial charge in [0.25, 0.3) is 0 Å². The van der Waals surface area contributed by atoms with E-state index in [4.69, 9.17) is 11.6 Å². The van der Waals surface area contributed by atoms with Crippen molar-refractivity contribution in [3.8, 4) is 0 Å². The summed E-state index contributed by atoms with van der Waals surface area (Å²) in [6.07, 6.45) is 0. The third kappa shape index (κ3) is 3.35. The molecule has 2 aromatic rings. The Balaban J connectivity index is 2.22. The van der Waals surface area contributed by atoms with Gasteiger partial charge in [-0.1, -0.05) is 11.6 Å². The molecule has 0 radical (unpaired) electrons. The first-order valence-electron chi connectivity index (χ1n) is 7.30. The second kappa shape index (κ2) is 6.44. The number of hydrogen-bond donors (Lipinski definition) is 1. The Hall–Kier alpha value is -1.61. The van der Waals surface area contributed by atoms with Crippen molar-refractivity contribution in [2.24, 2.45) is 0 Å². The lowest BCUT2D eigenvalue weighted by atomic mass is 10.2. The molecule has 1 N–H and O–H groups in total. The van der Waals surface area contributed by atoms with Gasteiger partial charge in [-0.15, -0.1) is 0 Å². The SMILES string of the molecule is CCn1c(C)cc(CNc2cc(Cl)ccc2N(C)C)c1C. The molecule has 1 heterocycles. The molecular formula is C17H24ClN3. The van der Waals surface area contributed by atoms with Crippen LogP contribution < -0.4 is 10.2 Å². The van der Waals surface area contributed by atoms with Gasteiger partial charge in [0.2, 0.25) is 0 Å². The van der Waals surface area contributed by atoms with Gasteiger partial charge >= 0.3 is 0 Å². The Morgan fingerprint density at radius 2 is 1.90 bits per heavy atom. The minimum Gasteiger partial charge on any atom is -0.379 e. The lowest BCUT2D eigenvalue weighted by Crippen LogP contribution is -2.12. The minimum absolute atomic E-state index is 0.752. The summed E-state index contributed by atoms with van der Waals surface area (Å²) in [5.74, 6) is 0. The van der Waals surface area contributed by atoms with Crippen molar-refractivity contribution in [3.63, 3.8) is 0 Å². The number of anilines is 2. The monoisotopic (exact) mass is 305 g/mol. The van der Waals surface area contributed by atoms with E-state index >= 15 is 0 Å². The normalized spacial score (nSPS) is 10.8. The largest absolute Gasteiger partial charge is 0.379 e. The van der Waals surface area contributed by atoms with Crippen LogP contribution in [-0.4, -0.2) is 18.7 Å². The zero-order valence-corrected chi connectivity index (χ0v) is 14.3. The van der Waals surface area contributed by atoms with E-state index in [2.05, 4.69) is 41.6 Å². The van der Waals surface area contributed by atoms with Crippen LogP contribution in [0.4, 0.5) is 11.4 Å². The summed E-state index contributed by atoms with van der Waals surface area (Å²) >= 11 is 6.12. The molecule has 3 nitrogen and oxygen atoms in total. The van der Waals surface area contributed by atoms with Crippen LogP contribution in [0.5, 0.6) is 0 Å². The molecule has 2 rings (SSSR count). The van der Waals surface area contributed by atoms with Crippen LogP contribution in [0.3, 0.4) is 0 Å². The van der Waals surface area contributed by atoms with Gasteiger partial charge in [0, 0.05) is 43.6 Å². The summed E-state index contributed by atoms with van der Waals surface area (Å²) in [4.78, 5) is 2.09. The lowest BCUT2D eigenvalue weighted by Gasteiger charge is -2.19.